The lowest BCUT2D eigenvalue weighted by Crippen LogP contribution is -2.01. The summed E-state index contributed by atoms with van der Waals surface area (Å²) in [5, 5.41) is 8.90. The Hall–Kier alpha value is -0.580. The van der Waals surface area contributed by atoms with E-state index in [-0.39, 0.29) is 11.7 Å². The normalized spacial score (nSPS) is 20.3. The van der Waals surface area contributed by atoms with Gasteiger partial charge in [0.1, 0.15) is 4.34 Å². The van der Waals surface area contributed by atoms with Crippen LogP contribution in [0.2, 0.25) is 4.34 Å². The van der Waals surface area contributed by atoms with Gasteiger partial charge in [0, 0.05) is 10.4 Å². The molecule has 2 heterocycles. The maximum atomic E-state index is 10.9. The first-order chi connectivity index (χ1) is 6.11. The van der Waals surface area contributed by atoms with Gasteiger partial charge in [-0.1, -0.05) is 11.6 Å². The summed E-state index contributed by atoms with van der Waals surface area (Å²) < 4.78 is 5.65. The zero-order chi connectivity index (χ0) is 9.59. The average Bonchev–Trinajstić information content (AvgIpc) is 2.51. The number of thiophene rings is 1. The third kappa shape index (κ3) is 1.25. The van der Waals surface area contributed by atoms with Crippen molar-refractivity contribution in [2.75, 3.05) is 0 Å². The number of aromatic carboxylic acids is 1. The zero-order valence-electron chi connectivity index (χ0n) is 6.83. The number of carbonyl (C=O) groups is 1. The monoisotopic (exact) mass is 218 g/mol. The molecule has 0 radical (unpaired) electrons. The number of ether oxygens (including phenoxy) is 1. The Kier molecular flexibility index (Phi) is 2.06. The van der Waals surface area contributed by atoms with E-state index >= 15 is 0 Å². The van der Waals surface area contributed by atoms with Crippen LogP contribution < -0.4 is 0 Å². The topological polar surface area (TPSA) is 46.5 Å². The molecule has 1 atom stereocenters. The van der Waals surface area contributed by atoms with E-state index in [9.17, 15) is 4.79 Å². The van der Waals surface area contributed by atoms with Crippen LogP contribution >= 0.6 is 22.9 Å². The predicted octanol–water partition coefficient (Wildman–Crippen LogP) is 2.69. The van der Waals surface area contributed by atoms with Crippen LogP contribution in [0.4, 0.5) is 0 Å². The maximum Gasteiger partial charge on any atom is 0.338 e. The standard InChI is InChI=1S/C8H7ClO3S/c1-3-5-4(2-12-3)13-7(9)6(5)8(10)11/h3H,2H2,1H3,(H,10,11). The van der Waals surface area contributed by atoms with E-state index in [1.54, 1.807) is 0 Å². The fraction of sp³-hybridized carbons (Fsp3) is 0.375. The Bertz CT molecular complexity index is 372. The molecule has 13 heavy (non-hydrogen) atoms. The number of hydrogen-bond donors (Lipinski definition) is 1. The third-order valence-corrected chi connectivity index (χ3v) is 3.45. The molecule has 0 saturated heterocycles. The Morgan fingerprint density at radius 2 is 2.46 bits per heavy atom. The quantitative estimate of drug-likeness (QED) is 0.789. The molecule has 0 bridgehead atoms. The van der Waals surface area contributed by atoms with Crippen molar-refractivity contribution in [2.24, 2.45) is 0 Å². The molecular weight excluding hydrogens is 212 g/mol. The summed E-state index contributed by atoms with van der Waals surface area (Å²) in [5.41, 5.74) is 0.967. The molecule has 1 aromatic heterocycles. The Morgan fingerprint density at radius 3 is 3.08 bits per heavy atom. The van der Waals surface area contributed by atoms with E-state index in [1.165, 1.54) is 11.3 Å². The first-order valence-corrected chi connectivity index (χ1v) is 4.96. The Balaban J connectivity index is 2.61. The van der Waals surface area contributed by atoms with Crippen LogP contribution in [0, 0.1) is 0 Å². The minimum atomic E-state index is -0.972. The molecule has 1 unspecified atom stereocenters. The lowest BCUT2D eigenvalue weighted by Gasteiger charge is -2.03. The molecule has 1 aliphatic rings. The summed E-state index contributed by atoms with van der Waals surface area (Å²) in [4.78, 5) is 11.8. The van der Waals surface area contributed by atoms with Crippen molar-refractivity contribution in [3.05, 3.63) is 20.3 Å². The fourth-order valence-electron chi connectivity index (χ4n) is 1.48. The third-order valence-electron chi connectivity index (χ3n) is 2.06. The predicted molar refractivity (Wildman–Crippen MR) is 49.5 cm³/mol. The summed E-state index contributed by atoms with van der Waals surface area (Å²) >= 11 is 7.10. The van der Waals surface area contributed by atoms with Gasteiger partial charge in [-0.15, -0.1) is 11.3 Å². The van der Waals surface area contributed by atoms with Gasteiger partial charge in [-0.3, -0.25) is 0 Å². The molecule has 0 spiro atoms. The Labute approximate surface area is 83.9 Å². The smallest absolute Gasteiger partial charge is 0.338 e. The highest BCUT2D eigenvalue weighted by Gasteiger charge is 2.30. The minimum absolute atomic E-state index is 0.148. The SMILES string of the molecule is CC1OCc2sc(Cl)c(C(=O)O)c21. The molecule has 0 aliphatic carbocycles. The molecule has 3 nitrogen and oxygen atoms in total. The van der Waals surface area contributed by atoms with Crippen LogP contribution in [-0.4, -0.2) is 11.1 Å². The van der Waals surface area contributed by atoms with E-state index < -0.39 is 5.97 Å². The largest absolute Gasteiger partial charge is 0.478 e. The van der Waals surface area contributed by atoms with E-state index in [1.807, 2.05) is 6.92 Å². The van der Waals surface area contributed by atoms with E-state index in [2.05, 4.69) is 0 Å². The molecule has 2 rings (SSSR count). The van der Waals surface area contributed by atoms with Gasteiger partial charge in [-0.2, -0.15) is 0 Å². The van der Waals surface area contributed by atoms with Gasteiger partial charge in [-0.25, -0.2) is 4.79 Å². The van der Waals surface area contributed by atoms with Crippen LogP contribution in [-0.2, 0) is 11.3 Å². The molecule has 5 heteroatoms. The summed E-state index contributed by atoms with van der Waals surface area (Å²) in [5.74, 6) is -0.972. The van der Waals surface area contributed by atoms with E-state index in [0.29, 0.717) is 10.9 Å². The van der Waals surface area contributed by atoms with Crippen LogP contribution in [0.25, 0.3) is 0 Å². The number of carboxylic acids is 1. The summed E-state index contributed by atoms with van der Waals surface area (Å²) in [7, 11) is 0. The molecule has 1 aliphatic heterocycles. The van der Waals surface area contributed by atoms with Crippen LogP contribution in [0.5, 0.6) is 0 Å². The van der Waals surface area contributed by atoms with Crippen molar-refractivity contribution < 1.29 is 14.6 Å². The van der Waals surface area contributed by atoms with E-state index in [4.69, 9.17) is 21.4 Å². The van der Waals surface area contributed by atoms with Crippen LogP contribution in [0.3, 0.4) is 0 Å². The summed E-state index contributed by atoms with van der Waals surface area (Å²) in [6.07, 6.45) is -0.148. The second-order valence-corrected chi connectivity index (χ2v) is 4.55. The van der Waals surface area contributed by atoms with Gasteiger partial charge in [-0.05, 0) is 6.92 Å². The van der Waals surface area contributed by atoms with Gasteiger partial charge in [0.2, 0.25) is 0 Å². The highest BCUT2D eigenvalue weighted by molar-refractivity contribution is 7.16. The Morgan fingerprint density at radius 1 is 1.77 bits per heavy atom. The second kappa shape index (κ2) is 2.97. The number of hydrogen-bond acceptors (Lipinski definition) is 3. The highest BCUT2D eigenvalue weighted by atomic mass is 35.5. The molecule has 0 saturated carbocycles. The van der Waals surface area contributed by atoms with Gasteiger partial charge in [0.15, 0.2) is 0 Å². The first kappa shape index (κ1) is 8.99. The fourth-order valence-corrected chi connectivity index (χ4v) is 2.96. The summed E-state index contributed by atoms with van der Waals surface area (Å²) in [6, 6.07) is 0. The molecule has 0 amide bonds. The molecule has 0 fully saturated rings. The maximum absolute atomic E-state index is 10.9. The van der Waals surface area contributed by atoms with Crippen LogP contribution in [0.1, 0.15) is 33.8 Å². The van der Waals surface area contributed by atoms with Gasteiger partial charge in [0.25, 0.3) is 0 Å². The van der Waals surface area contributed by atoms with Crippen molar-refractivity contribution in [3.8, 4) is 0 Å². The highest BCUT2D eigenvalue weighted by Crippen LogP contribution is 2.42. The second-order valence-electron chi connectivity index (χ2n) is 2.85. The molecule has 1 aromatic rings. The first-order valence-electron chi connectivity index (χ1n) is 3.77. The van der Waals surface area contributed by atoms with Crippen molar-refractivity contribution in [2.45, 2.75) is 19.6 Å². The molecule has 0 aromatic carbocycles. The van der Waals surface area contributed by atoms with Crippen molar-refractivity contribution in [3.63, 3.8) is 0 Å². The van der Waals surface area contributed by atoms with Crippen molar-refractivity contribution in [1.29, 1.82) is 0 Å². The number of fused-ring (bicyclic) bond motifs is 1. The minimum Gasteiger partial charge on any atom is -0.478 e. The molecular formula is C8H7ClO3S. The number of halogens is 1. The van der Waals surface area contributed by atoms with E-state index in [0.717, 1.165) is 10.4 Å². The number of rotatable bonds is 1. The van der Waals surface area contributed by atoms with Gasteiger partial charge >= 0.3 is 5.97 Å². The lowest BCUT2D eigenvalue weighted by atomic mass is 10.1. The van der Waals surface area contributed by atoms with Crippen molar-refractivity contribution >= 4 is 28.9 Å². The molecule has 1 N–H and O–H groups in total. The molecule has 70 valence electrons. The van der Waals surface area contributed by atoms with Crippen LogP contribution in [0.15, 0.2) is 0 Å². The average molecular weight is 219 g/mol. The summed E-state index contributed by atoms with van der Waals surface area (Å²) in [6.45, 7) is 2.31. The lowest BCUT2D eigenvalue weighted by molar-refractivity contribution is 0.0667. The van der Waals surface area contributed by atoms with Gasteiger partial charge in [0.05, 0.1) is 18.3 Å². The van der Waals surface area contributed by atoms with Crippen molar-refractivity contribution in [1.82, 2.24) is 0 Å². The number of carboxylic acid groups (broad SMARTS) is 1. The zero-order valence-corrected chi connectivity index (χ0v) is 8.41. The van der Waals surface area contributed by atoms with Gasteiger partial charge < -0.3 is 9.84 Å².